The predicted molar refractivity (Wildman–Crippen MR) is 79.3 cm³/mol. The lowest BCUT2D eigenvalue weighted by Crippen LogP contribution is -2.49. The van der Waals surface area contributed by atoms with Crippen LogP contribution in [0, 0.1) is 0 Å². The first-order chi connectivity index (χ1) is 9.61. The van der Waals surface area contributed by atoms with Crippen molar-refractivity contribution in [1.82, 2.24) is 0 Å². The first-order valence-electron chi connectivity index (χ1n) is 7.01. The Kier molecular flexibility index (Phi) is 4.84. The second-order valence-corrected chi connectivity index (χ2v) is 5.04. The summed E-state index contributed by atoms with van der Waals surface area (Å²) in [7, 11) is 0. The zero-order valence-electron chi connectivity index (χ0n) is 12.3. The number of anilines is 2. The topological polar surface area (TPSA) is 50.8 Å². The fraction of sp³-hybridized carbons (Fsp3) is 0.533. The SMILES string of the molecule is CCOC(=O)Nc1ccc(N2C(C)COCC2C)cc1. The van der Waals surface area contributed by atoms with E-state index in [0.717, 1.165) is 24.6 Å². The van der Waals surface area contributed by atoms with Gasteiger partial charge in [0.1, 0.15) is 0 Å². The highest BCUT2D eigenvalue weighted by Gasteiger charge is 2.25. The summed E-state index contributed by atoms with van der Waals surface area (Å²) in [6.45, 7) is 7.94. The standard InChI is InChI=1S/C15H22N2O3/c1-4-20-15(18)16-13-5-7-14(8-6-13)17-11(2)9-19-10-12(17)3/h5-8,11-12H,4,9-10H2,1-3H3,(H,16,18). The molecular weight excluding hydrogens is 256 g/mol. The van der Waals surface area contributed by atoms with Gasteiger partial charge in [-0.15, -0.1) is 0 Å². The Hall–Kier alpha value is -1.75. The van der Waals surface area contributed by atoms with Crippen LogP contribution in [0.3, 0.4) is 0 Å². The molecule has 1 N–H and O–H groups in total. The van der Waals surface area contributed by atoms with Crippen LogP contribution < -0.4 is 10.2 Å². The van der Waals surface area contributed by atoms with Crippen molar-refractivity contribution >= 4 is 17.5 Å². The summed E-state index contributed by atoms with van der Waals surface area (Å²) in [5.41, 5.74) is 1.88. The van der Waals surface area contributed by atoms with Gasteiger partial charge in [-0.2, -0.15) is 0 Å². The van der Waals surface area contributed by atoms with E-state index >= 15 is 0 Å². The molecule has 1 aromatic rings. The van der Waals surface area contributed by atoms with Crippen LogP contribution in [0.5, 0.6) is 0 Å². The molecular formula is C15H22N2O3. The van der Waals surface area contributed by atoms with Crippen molar-refractivity contribution in [3.8, 4) is 0 Å². The first kappa shape index (κ1) is 14.7. The molecule has 0 aromatic heterocycles. The van der Waals surface area contributed by atoms with Gasteiger partial charge in [-0.25, -0.2) is 4.79 Å². The summed E-state index contributed by atoms with van der Waals surface area (Å²) in [4.78, 5) is 13.7. The Morgan fingerprint density at radius 1 is 1.30 bits per heavy atom. The van der Waals surface area contributed by atoms with Crippen molar-refractivity contribution in [1.29, 1.82) is 0 Å². The van der Waals surface area contributed by atoms with Crippen molar-refractivity contribution in [2.45, 2.75) is 32.9 Å². The third kappa shape index (κ3) is 3.42. The molecule has 0 spiro atoms. The lowest BCUT2D eigenvalue weighted by Gasteiger charge is -2.40. The maximum absolute atomic E-state index is 11.3. The number of hydrogen-bond acceptors (Lipinski definition) is 4. The average molecular weight is 278 g/mol. The van der Waals surface area contributed by atoms with Crippen LogP contribution in [0.1, 0.15) is 20.8 Å². The van der Waals surface area contributed by atoms with Gasteiger partial charge in [0, 0.05) is 23.5 Å². The maximum atomic E-state index is 11.3. The monoisotopic (exact) mass is 278 g/mol. The van der Waals surface area contributed by atoms with E-state index in [1.807, 2.05) is 24.3 Å². The van der Waals surface area contributed by atoms with E-state index in [2.05, 4.69) is 24.1 Å². The van der Waals surface area contributed by atoms with Gasteiger partial charge in [0.2, 0.25) is 0 Å². The molecule has 1 fully saturated rings. The third-order valence-corrected chi connectivity index (χ3v) is 3.36. The van der Waals surface area contributed by atoms with Gasteiger partial charge >= 0.3 is 6.09 Å². The molecule has 110 valence electrons. The van der Waals surface area contributed by atoms with Gasteiger partial charge < -0.3 is 14.4 Å². The van der Waals surface area contributed by atoms with E-state index in [0.29, 0.717) is 18.7 Å². The lowest BCUT2D eigenvalue weighted by molar-refractivity contribution is 0.0757. The van der Waals surface area contributed by atoms with E-state index in [9.17, 15) is 4.79 Å². The van der Waals surface area contributed by atoms with E-state index in [-0.39, 0.29) is 0 Å². The summed E-state index contributed by atoms with van der Waals surface area (Å²) in [5.74, 6) is 0. The van der Waals surface area contributed by atoms with E-state index in [4.69, 9.17) is 9.47 Å². The molecule has 2 rings (SSSR count). The van der Waals surface area contributed by atoms with Crippen molar-refractivity contribution < 1.29 is 14.3 Å². The molecule has 2 atom stereocenters. The summed E-state index contributed by atoms with van der Waals surface area (Å²) in [6, 6.07) is 8.51. The van der Waals surface area contributed by atoms with Crippen molar-refractivity contribution in [2.24, 2.45) is 0 Å². The normalized spacial score (nSPS) is 22.4. The Morgan fingerprint density at radius 3 is 2.45 bits per heavy atom. The Morgan fingerprint density at radius 2 is 1.90 bits per heavy atom. The molecule has 1 amide bonds. The number of carbonyl (C=O) groups excluding carboxylic acids is 1. The largest absolute Gasteiger partial charge is 0.450 e. The number of nitrogens with one attached hydrogen (secondary N) is 1. The lowest BCUT2D eigenvalue weighted by atomic mass is 10.1. The number of nitrogens with zero attached hydrogens (tertiary/aromatic N) is 1. The number of hydrogen-bond donors (Lipinski definition) is 1. The van der Waals surface area contributed by atoms with Crippen molar-refractivity contribution in [3.63, 3.8) is 0 Å². The number of carbonyl (C=O) groups is 1. The number of amides is 1. The Labute approximate surface area is 119 Å². The molecule has 1 heterocycles. The molecule has 1 aliphatic rings. The third-order valence-electron chi connectivity index (χ3n) is 3.36. The number of benzene rings is 1. The summed E-state index contributed by atoms with van der Waals surface area (Å²) in [6.07, 6.45) is -0.423. The average Bonchev–Trinajstić information content (AvgIpc) is 2.40. The highest BCUT2D eigenvalue weighted by Crippen LogP contribution is 2.25. The van der Waals surface area contributed by atoms with Crippen LogP contribution >= 0.6 is 0 Å². The molecule has 1 aliphatic heterocycles. The fourth-order valence-corrected chi connectivity index (χ4v) is 2.52. The second kappa shape index (κ2) is 6.61. The molecule has 5 nitrogen and oxygen atoms in total. The summed E-state index contributed by atoms with van der Waals surface area (Å²) in [5, 5.41) is 2.69. The predicted octanol–water partition coefficient (Wildman–Crippen LogP) is 2.87. The van der Waals surface area contributed by atoms with Crippen LogP contribution in [0.25, 0.3) is 0 Å². The molecule has 1 aromatic carbocycles. The van der Waals surface area contributed by atoms with Gasteiger partial charge in [-0.05, 0) is 45.0 Å². The number of rotatable bonds is 3. The van der Waals surface area contributed by atoms with Crippen molar-refractivity contribution in [2.75, 3.05) is 30.0 Å². The van der Waals surface area contributed by atoms with E-state index < -0.39 is 6.09 Å². The Bertz CT molecular complexity index is 437. The molecule has 0 radical (unpaired) electrons. The van der Waals surface area contributed by atoms with Crippen molar-refractivity contribution in [3.05, 3.63) is 24.3 Å². The summed E-state index contributed by atoms with van der Waals surface area (Å²) < 4.78 is 10.4. The number of morpholine rings is 1. The quantitative estimate of drug-likeness (QED) is 0.923. The first-order valence-corrected chi connectivity index (χ1v) is 7.01. The van der Waals surface area contributed by atoms with Gasteiger partial charge in [-0.3, -0.25) is 5.32 Å². The molecule has 0 bridgehead atoms. The van der Waals surface area contributed by atoms with Crippen LogP contribution in [0.2, 0.25) is 0 Å². The minimum absolute atomic E-state index is 0.350. The Balaban J connectivity index is 2.05. The van der Waals surface area contributed by atoms with Crippen LogP contribution in [0.15, 0.2) is 24.3 Å². The molecule has 0 saturated carbocycles. The second-order valence-electron chi connectivity index (χ2n) is 5.04. The summed E-state index contributed by atoms with van der Waals surface area (Å²) >= 11 is 0. The number of ether oxygens (including phenoxy) is 2. The molecule has 1 saturated heterocycles. The smallest absolute Gasteiger partial charge is 0.411 e. The van der Waals surface area contributed by atoms with E-state index in [1.54, 1.807) is 6.92 Å². The maximum Gasteiger partial charge on any atom is 0.411 e. The van der Waals surface area contributed by atoms with Crippen LogP contribution in [-0.2, 0) is 9.47 Å². The molecule has 0 aliphatic carbocycles. The zero-order valence-corrected chi connectivity index (χ0v) is 12.3. The highest BCUT2D eigenvalue weighted by molar-refractivity contribution is 5.84. The van der Waals surface area contributed by atoms with Gasteiger partial charge in [0.15, 0.2) is 0 Å². The molecule has 20 heavy (non-hydrogen) atoms. The van der Waals surface area contributed by atoms with Gasteiger partial charge in [-0.1, -0.05) is 0 Å². The minimum Gasteiger partial charge on any atom is -0.450 e. The van der Waals surface area contributed by atoms with E-state index in [1.165, 1.54) is 0 Å². The minimum atomic E-state index is -0.423. The van der Waals surface area contributed by atoms with Crippen LogP contribution in [-0.4, -0.2) is 38.0 Å². The zero-order chi connectivity index (χ0) is 14.5. The van der Waals surface area contributed by atoms with Gasteiger partial charge in [0.25, 0.3) is 0 Å². The molecule has 5 heteroatoms. The highest BCUT2D eigenvalue weighted by atomic mass is 16.5. The van der Waals surface area contributed by atoms with Gasteiger partial charge in [0.05, 0.1) is 19.8 Å². The van der Waals surface area contributed by atoms with Crippen LogP contribution in [0.4, 0.5) is 16.2 Å². The fourth-order valence-electron chi connectivity index (χ4n) is 2.52. The molecule has 2 unspecified atom stereocenters.